The molecule has 1 N–H and O–H groups in total. The number of nitrogens with one attached hydrogen (secondary N) is 1. The van der Waals surface area contributed by atoms with Crippen molar-refractivity contribution in [3.8, 4) is 17.2 Å². The average Bonchev–Trinajstić information content (AvgIpc) is 3.41. The third kappa shape index (κ3) is 5.60. The van der Waals surface area contributed by atoms with Crippen LogP contribution in [0.1, 0.15) is 24.8 Å². The SMILES string of the molecule is COc1cc(CC(=O)NCCCOCC2CC2)cc(OC)c1OC. The third-order valence-corrected chi connectivity index (χ3v) is 3.93. The van der Waals surface area contributed by atoms with Crippen LogP contribution < -0.4 is 19.5 Å². The van der Waals surface area contributed by atoms with E-state index in [0.29, 0.717) is 30.4 Å². The Morgan fingerprint density at radius 3 is 2.33 bits per heavy atom. The second-order valence-corrected chi connectivity index (χ2v) is 5.93. The van der Waals surface area contributed by atoms with Crippen molar-refractivity contribution in [1.82, 2.24) is 5.32 Å². The molecule has 1 amide bonds. The van der Waals surface area contributed by atoms with Gasteiger partial charge in [0, 0.05) is 19.8 Å². The summed E-state index contributed by atoms with van der Waals surface area (Å²) >= 11 is 0. The van der Waals surface area contributed by atoms with Crippen molar-refractivity contribution >= 4 is 5.91 Å². The second-order valence-electron chi connectivity index (χ2n) is 5.93. The van der Waals surface area contributed by atoms with Crippen LogP contribution in [0.15, 0.2) is 12.1 Å². The number of methoxy groups -OCH3 is 3. The molecule has 1 aromatic rings. The van der Waals surface area contributed by atoms with Crippen molar-refractivity contribution in [3.05, 3.63) is 17.7 Å². The molecule has 0 bridgehead atoms. The highest BCUT2D eigenvalue weighted by Crippen LogP contribution is 2.38. The molecule has 1 aromatic carbocycles. The Labute approximate surface area is 143 Å². The fraction of sp³-hybridized carbons (Fsp3) is 0.611. The van der Waals surface area contributed by atoms with Gasteiger partial charge in [-0.1, -0.05) is 0 Å². The molecule has 1 fully saturated rings. The van der Waals surface area contributed by atoms with E-state index in [1.54, 1.807) is 33.5 Å². The predicted octanol–water partition coefficient (Wildman–Crippen LogP) is 2.19. The summed E-state index contributed by atoms with van der Waals surface area (Å²) in [6.45, 7) is 2.17. The lowest BCUT2D eigenvalue weighted by molar-refractivity contribution is -0.120. The van der Waals surface area contributed by atoms with Crippen molar-refractivity contribution in [2.75, 3.05) is 41.1 Å². The molecule has 0 heterocycles. The number of carbonyl (C=O) groups excluding carboxylic acids is 1. The van der Waals surface area contributed by atoms with E-state index in [4.69, 9.17) is 18.9 Å². The average molecular weight is 337 g/mol. The zero-order valence-corrected chi connectivity index (χ0v) is 14.7. The Morgan fingerprint density at radius 2 is 1.79 bits per heavy atom. The minimum atomic E-state index is -0.0357. The van der Waals surface area contributed by atoms with Gasteiger partial charge in [0.05, 0.1) is 27.8 Å². The molecule has 0 spiro atoms. The van der Waals surface area contributed by atoms with Gasteiger partial charge in [-0.25, -0.2) is 0 Å². The van der Waals surface area contributed by atoms with Crippen molar-refractivity contribution in [2.45, 2.75) is 25.7 Å². The largest absolute Gasteiger partial charge is 0.493 e. The summed E-state index contributed by atoms with van der Waals surface area (Å²) in [5.41, 5.74) is 0.812. The maximum absolute atomic E-state index is 12.1. The number of carbonyl (C=O) groups is 1. The molecule has 6 heteroatoms. The van der Waals surface area contributed by atoms with Crippen LogP contribution in [0, 0.1) is 5.92 Å². The van der Waals surface area contributed by atoms with E-state index in [-0.39, 0.29) is 12.3 Å². The zero-order chi connectivity index (χ0) is 17.4. The summed E-state index contributed by atoms with van der Waals surface area (Å²) in [6.07, 6.45) is 3.68. The first-order valence-electron chi connectivity index (χ1n) is 8.31. The Bertz CT molecular complexity index is 517. The molecular weight excluding hydrogens is 310 g/mol. The van der Waals surface area contributed by atoms with Gasteiger partial charge in [-0.3, -0.25) is 4.79 Å². The minimum Gasteiger partial charge on any atom is -0.493 e. The first-order valence-corrected chi connectivity index (χ1v) is 8.31. The van der Waals surface area contributed by atoms with Gasteiger partial charge < -0.3 is 24.3 Å². The van der Waals surface area contributed by atoms with Gasteiger partial charge in [0.25, 0.3) is 0 Å². The Balaban J connectivity index is 1.77. The maximum atomic E-state index is 12.1. The number of ether oxygens (including phenoxy) is 4. The van der Waals surface area contributed by atoms with Crippen LogP contribution in [-0.2, 0) is 16.0 Å². The topological polar surface area (TPSA) is 66.0 Å². The number of hydrogen-bond donors (Lipinski definition) is 1. The van der Waals surface area contributed by atoms with Gasteiger partial charge in [-0.2, -0.15) is 0 Å². The van der Waals surface area contributed by atoms with Crippen LogP contribution in [0.2, 0.25) is 0 Å². The van der Waals surface area contributed by atoms with E-state index in [2.05, 4.69) is 5.32 Å². The number of rotatable bonds is 11. The third-order valence-electron chi connectivity index (χ3n) is 3.93. The standard InChI is InChI=1S/C18H27NO5/c1-21-15-9-14(10-16(22-2)18(15)23-3)11-17(20)19-7-4-8-24-12-13-5-6-13/h9-10,13H,4-8,11-12H2,1-3H3,(H,19,20). The Kier molecular flexibility index (Phi) is 7.18. The normalized spacial score (nSPS) is 13.5. The monoisotopic (exact) mass is 337 g/mol. The van der Waals surface area contributed by atoms with Gasteiger partial charge in [0.15, 0.2) is 11.5 Å². The summed E-state index contributed by atoms with van der Waals surface area (Å²) in [4.78, 5) is 12.1. The number of benzene rings is 1. The zero-order valence-electron chi connectivity index (χ0n) is 14.7. The molecular formula is C18H27NO5. The van der Waals surface area contributed by atoms with Gasteiger partial charge >= 0.3 is 0 Å². The predicted molar refractivity (Wildman–Crippen MR) is 91.0 cm³/mol. The molecule has 1 aliphatic carbocycles. The van der Waals surface area contributed by atoms with Gasteiger partial charge in [-0.05, 0) is 42.9 Å². The molecule has 134 valence electrons. The molecule has 1 saturated carbocycles. The van der Waals surface area contributed by atoms with Crippen LogP contribution in [0.3, 0.4) is 0 Å². The highest BCUT2D eigenvalue weighted by atomic mass is 16.5. The van der Waals surface area contributed by atoms with E-state index >= 15 is 0 Å². The van der Waals surface area contributed by atoms with Crippen LogP contribution in [-0.4, -0.2) is 47.0 Å². The molecule has 24 heavy (non-hydrogen) atoms. The fourth-order valence-corrected chi connectivity index (χ4v) is 2.42. The summed E-state index contributed by atoms with van der Waals surface area (Å²) < 4.78 is 21.4. The van der Waals surface area contributed by atoms with Crippen LogP contribution >= 0.6 is 0 Å². The Morgan fingerprint density at radius 1 is 1.12 bits per heavy atom. The number of amides is 1. The molecule has 0 saturated heterocycles. The number of hydrogen-bond acceptors (Lipinski definition) is 5. The summed E-state index contributed by atoms with van der Waals surface area (Å²) in [6, 6.07) is 3.58. The molecule has 1 aliphatic rings. The molecule has 0 aromatic heterocycles. The molecule has 0 aliphatic heterocycles. The van der Waals surface area contributed by atoms with Crippen LogP contribution in [0.5, 0.6) is 17.2 Å². The smallest absolute Gasteiger partial charge is 0.224 e. The molecule has 6 nitrogen and oxygen atoms in total. The maximum Gasteiger partial charge on any atom is 0.224 e. The van der Waals surface area contributed by atoms with Crippen molar-refractivity contribution in [2.24, 2.45) is 5.92 Å². The van der Waals surface area contributed by atoms with Gasteiger partial charge in [0.2, 0.25) is 11.7 Å². The molecule has 0 radical (unpaired) electrons. The van der Waals surface area contributed by atoms with Crippen molar-refractivity contribution < 1.29 is 23.7 Å². The molecule has 0 atom stereocenters. The molecule has 0 unspecified atom stereocenters. The quantitative estimate of drug-likeness (QED) is 0.627. The van der Waals surface area contributed by atoms with Crippen molar-refractivity contribution in [1.29, 1.82) is 0 Å². The van der Waals surface area contributed by atoms with E-state index in [1.165, 1.54) is 12.8 Å². The lowest BCUT2D eigenvalue weighted by Crippen LogP contribution is -2.27. The van der Waals surface area contributed by atoms with Crippen LogP contribution in [0.25, 0.3) is 0 Å². The highest BCUT2D eigenvalue weighted by molar-refractivity contribution is 5.79. The Hall–Kier alpha value is -1.95. The van der Waals surface area contributed by atoms with E-state index in [9.17, 15) is 4.79 Å². The lowest BCUT2D eigenvalue weighted by atomic mass is 10.1. The summed E-state index contributed by atoms with van der Waals surface area (Å²) in [5, 5.41) is 2.91. The second kappa shape index (κ2) is 9.37. The lowest BCUT2D eigenvalue weighted by Gasteiger charge is -2.14. The molecule has 2 rings (SSSR count). The van der Waals surface area contributed by atoms with E-state index in [1.807, 2.05) is 0 Å². The summed E-state index contributed by atoms with van der Waals surface area (Å²) in [7, 11) is 4.67. The van der Waals surface area contributed by atoms with Crippen LogP contribution in [0.4, 0.5) is 0 Å². The van der Waals surface area contributed by atoms with E-state index < -0.39 is 0 Å². The first kappa shape index (κ1) is 18.4. The fourth-order valence-electron chi connectivity index (χ4n) is 2.42. The minimum absolute atomic E-state index is 0.0357. The van der Waals surface area contributed by atoms with Gasteiger partial charge in [0.1, 0.15) is 0 Å². The first-order chi connectivity index (χ1) is 11.7. The van der Waals surface area contributed by atoms with Crippen molar-refractivity contribution in [3.63, 3.8) is 0 Å². The van der Waals surface area contributed by atoms with E-state index in [0.717, 1.165) is 24.5 Å². The summed E-state index contributed by atoms with van der Waals surface area (Å²) in [5.74, 6) is 2.37. The highest BCUT2D eigenvalue weighted by Gasteiger charge is 2.20. The van der Waals surface area contributed by atoms with Gasteiger partial charge in [-0.15, -0.1) is 0 Å².